The van der Waals surface area contributed by atoms with Crippen molar-refractivity contribution in [2.45, 2.75) is 24.6 Å². The van der Waals surface area contributed by atoms with Gasteiger partial charge in [0.15, 0.2) is 0 Å². The largest absolute Gasteiger partial charge is 0.411 e. The first kappa shape index (κ1) is 19.0. The third-order valence-electron chi connectivity index (χ3n) is 4.90. The Labute approximate surface area is 172 Å². The molecule has 0 aliphatic heterocycles. The molecule has 2 aromatic carbocycles. The molecule has 1 aliphatic carbocycles. The van der Waals surface area contributed by atoms with Crippen molar-refractivity contribution in [1.29, 1.82) is 0 Å². The molecule has 3 atom stereocenters. The van der Waals surface area contributed by atoms with Crippen LogP contribution < -0.4 is 5.32 Å². The average molecular weight is 414 g/mol. The molecule has 5 nitrogen and oxygen atoms in total. The van der Waals surface area contributed by atoms with E-state index in [9.17, 15) is 4.79 Å². The highest BCUT2D eigenvalue weighted by molar-refractivity contribution is 7.99. The zero-order valence-corrected chi connectivity index (χ0v) is 16.9. The first-order chi connectivity index (χ1) is 13.6. The van der Waals surface area contributed by atoms with Crippen LogP contribution in [-0.2, 0) is 4.79 Å². The fraction of sp³-hybridized carbons (Fsp3) is 0.286. The molecule has 1 aromatic heterocycles. The molecule has 0 spiro atoms. The lowest BCUT2D eigenvalue weighted by molar-refractivity contribution is -0.119. The van der Waals surface area contributed by atoms with Gasteiger partial charge in [-0.3, -0.25) is 4.79 Å². The fourth-order valence-electron chi connectivity index (χ4n) is 3.23. The van der Waals surface area contributed by atoms with Gasteiger partial charge < -0.3 is 9.73 Å². The average Bonchev–Trinajstić information content (AvgIpc) is 3.24. The van der Waals surface area contributed by atoms with Crippen molar-refractivity contribution in [3.05, 3.63) is 65.2 Å². The minimum absolute atomic E-state index is 0.0378. The van der Waals surface area contributed by atoms with Gasteiger partial charge in [-0.05, 0) is 48.1 Å². The highest BCUT2D eigenvalue weighted by Gasteiger charge is 2.40. The van der Waals surface area contributed by atoms with Gasteiger partial charge >= 0.3 is 0 Å². The lowest BCUT2D eigenvalue weighted by Gasteiger charge is -2.19. The van der Waals surface area contributed by atoms with Crippen molar-refractivity contribution in [2.24, 2.45) is 11.8 Å². The van der Waals surface area contributed by atoms with Crippen LogP contribution in [-0.4, -0.2) is 21.9 Å². The quantitative estimate of drug-likeness (QED) is 0.552. The molecule has 3 aromatic rings. The molecule has 1 N–H and O–H groups in total. The molecule has 28 heavy (non-hydrogen) atoms. The summed E-state index contributed by atoms with van der Waals surface area (Å²) in [7, 11) is 0. The van der Waals surface area contributed by atoms with Crippen LogP contribution in [0.4, 0.5) is 0 Å². The molecule has 7 heteroatoms. The number of carbonyl (C=O) groups is 1. The number of hydrogen-bond donors (Lipinski definition) is 1. The molecular formula is C21H20ClN3O2S. The molecule has 144 valence electrons. The summed E-state index contributed by atoms with van der Waals surface area (Å²) in [6.45, 7) is 2.22. The van der Waals surface area contributed by atoms with Gasteiger partial charge in [0.1, 0.15) is 0 Å². The van der Waals surface area contributed by atoms with Gasteiger partial charge in [-0.15, -0.1) is 10.2 Å². The minimum atomic E-state index is -0.0378. The van der Waals surface area contributed by atoms with E-state index in [0.717, 1.165) is 17.5 Å². The van der Waals surface area contributed by atoms with Gasteiger partial charge in [-0.1, -0.05) is 60.6 Å². The second-order valence-electron chi connectivity index (χ2n) is 7.00. The number of aromatic nitrogens is 2. The zero-order valence-electron chi connectivity index (χ0n) is 15.3. The molecule has 1 amide bonds. The maximum atomic E-state index is 12.5. The number of benzene rings is 2. The third kappa shape index (κ3) is 4.56. The van der Waals surface area contributed by atoms with E-state index in [1.165, 1.54) is 11.8 Å². The third-order valence-corrected chi connectivity index (χ3v) is 5.97. The second-order valence-corrected chi connectivity index (χ2v) is 8.36. The highest BCUT2D eigenvalue weighted by atomic mass is 35.5. The monoisotopic (exact) mass is 413 g/mol. The number of carbonyl (C=O) groups excluding carboxylic acids is 1. The van der Waals surface area contributed by atoms with Crippen LogP contribution in [0.5, 0.6) is 0 Å². The molecule has 0 radical (unpaired) electrons. The molecule has 0 bridgehead atoms. The van der Waals surface area contributed by atoms with Gasteiger partial charge in [0.25, 0.3) is 5.22 Å². The second kappa shape index (κ2) is 8.37. The lowest BCUT2D eigenvalue weighted by atomic mass is 10.0. The Kier molecular flexibility index (Phi) is 5.69. The van der Waals surface area contributed by atoms with Crippen molar-refractivity contribution >= 4 is 29.3 Å². The van der Waals surface area contributed by atoms with Gasteiger partial charge in [-0.25, -0.2) is 0 Å². The Hall–Kier alpha value is -2.31. The maximum absolute atomic E-state index is 12.5. The first-order valence-corrected chi connectivity index (χ1v) is 10.5. The molecule has 1 saturated carbocycles. The molecule has 1 fully saturated rings. The number of hydrogen-bond acceptors (Lipinski definition) is 5. The summed E-state index contributed by atoms with van der Waals surface area (Å²) in [4.78, 5) is 12.5. The van der Waals surface area contributed by atoms with Gasteiger partial charge in [-0.2, -0.15) is 0 Å². The van der Waals surface area contributed by atoms with E-state index < -0.39 is 0 Å². The summed E-state index contributed by atoms with van der Waals surface area (Å²) in [5.74, 6) is 1.73. The number of amides is 1. The molecule has 1 aliphatic rings. The van der Waals surface area contributed by atoms with E-state index in [1.807, 2.05) is 30.3 Å². The predicted molar refractivity (Wildman–Crippen MR) is 110 cm³/mol. The molecule has 3 unspecified atom stereocenters. The topological polar surface area (TPSA) is 68.0 Å². The Bertz CT molecular complexity index is 946. The van der Waals surface area contributed by atoms with E-state index in [0.29, 0.717) is 28.0 Å². The Balaban J connectivity index is 1.36. The SMILES string of the molecule is CC1CC1C(NC(=O)CSc1nnc(-c2ccc(Cl)cc2)o1)c1ccccc1. The van der Waals surface area contributed by atoms with E-state index in [-0.39, 0.29) is 17.7 Å². The molecule has 0 saturated heterocycles. The summed E-state index contributed by atoms with van der Waals surface area (Å²) in [6.07, 6.45) is 1.14. The van der Waals surface area contributed by atoms with Crippen LogP contribution in [0.3, 0.4) is 0 Å². The summed E-state index contributed by atoms with van der Waals surface area (Å²) in [5, 5.41) is 12.2. The standard InChI is InChI=1S/C21H20ClN3O2S/c1-13-11-17(13)19(14-5-3-2-4-6-14)23-18(26)12-28-21-25-24-20(27-21)15-7-9-16(22)10-8-15/h2-10,13,17,19H,11-12H2,1H3,(H,23,26). The Morgan fingerprint density at radius 1 is 1.21 bits per heavy atom. The van der Waals surface area contributed by atoms with Gasteiger partial charge in [0, 0.05) is 10.6 Å². The fourth-order valence-corrected chi connectivity index (χ4v) is 3.93. The first-order valence-electron chi connectivity index (χ1n) is 9.16. The minimum Gasteiger partial charge on any atom is -0.411 e. The molecule has 1 heterocycles. The number of halogens is 1. The van der Waals surface area contributed by atoms with Crippen LogP contribution >= 0.6 is 23.4 Å². The zero-order chi connectivity index (χ0) is 19.5. The van der Waals surface area contributed by atoms with Crippen molar-refractivity contribution < 1.29 is 9.21 Å². The van der Waals surface area contributed by atoms with Crippen LogP contribution in [0.1, 0.15) is 24.9 Å². The van der Waals surface area contributed by atoms with E-state index in [1.54, 1.807) is 12.1 Å². The van der Waals surface area contributed by atoms with Crippen LogP contribution in [0.15, 0.2) is 64.2 Å². The summed E-state index contributed by atoms with van der Waals surface area (Å²) >= 11 is 7.13. The number of thioether (sulfide) groups is 1. The van der Waals surface area contributed by atoms with Gasteiger partial charge in [0.2, 0.25) is 11.8 Å². The van der Waals surface area contributed by atoms with Crippen molar-refractivity contribution in [1.82, 2.24) is 15.5 Å². The normalized spacial score (nSPS) is 19.2. The van der Waals surface area contributed by atoms with E-state index in [4.69, 9.17) is 16.0 Å². The predicted octanol–water partition coefficient (Wildman–Crippen LogP) is 5.00. The summed E-state index contributed by atoms with van der Waals surface area (Å²) in [5.41, 5.74) is 1.94. The summed E-state index contributed by atoms with van der Waals surface area (Å²) < 4.78 is 5.64. The van der Waals surface area contributed by atoms with Gasteiger partial charge in [0.05, 0.1) is 11.8 Å². The number of nitrogens with one attached hydrogen (secondary N) is 1. The Morgan fingerprint density at radius 3 is 2.61 bits per heavy atom. The van der Waals surface area contributed by atoms with Crippen molar-refractivity contribution in [3.8, 4) is 11.5 Å². The molecule has 4 rings (SSSR count). The van der Waals surface area contributed by atoms with Crippen LogP contribution in [0, 0.1) is 11.8 Å². The number of rotatable bonds is 7. The van der Waals surface area contributed by atoms with Crippen LogP contribution in [0.2, 0.25) is 5.02 Å². The van der Waals surface area contributed by atoms with Crippen LogP contribution in [0.25, 0.3) is 11.5 Å². The maximum Gasteiger partial charge on any atom is 0.277 e. The van der Waals surface area contributed by atoms with E-state index in [2.05, 4.69) is 34.6 Å². The number of nitrogens with zero attached hydrogens (tertiary/aromatic N) is 2. The van der Waals surface area contributed by atoms with Crippen molar-refractivity contribution in [2.75, 3.05) is 5.75 Å². The lowest BCUT2D eigenvalue weighted by Crippen LogP contribution is -2.31. The highest BCUT2D eigenvalue weighted by Crippen LogP contribution is 2.46. The van der Waals surface area contributed by atoms with Crippen molar-refractivity contribution in [3.63, 3.8) is 0 Å². The molecular weight excluding hydrogens is 394 g/mol. The summed E-state index contributed by atoms with van der Waals surface area (Å²) in [6, 6.07) is 17.4. The van der Waals surface area contributed by atoms with E-state index >= 15 is 0 Å². The Morgan fingerprint density at radius 2 is 1.93 bits per heavy atom. The smallest absolute Gasteiger partial charge is 0.277 e.